The molecule has 3 aromatic rings. The number of rotatable bonds is 4. The van der Waals surface area contributed by atoms with Crippen LogP contribution in [0.1, 0.15) is 10.4 Å². The molecule has 0 aliphatic heterocycles. The summed E-state index contributed by atoms with van der Waals surface area (Å²) in [5.41, 5.74) is 1.44. The lowest BCUT2D eigenvalue weighted by Gasteiger charge is -2.18. The zero-order valence-electron chi connectivity index (χ0n) is 13.2. The number of hydrogen-bond acceptors (Lipinski definition) is 2. The van der Waals surface area contributed by atoms with Crippen LogP contribution in [0.5, 0.6) is 5.88 Å². The van der Waals surface area contributed by atoms with Crippen molar-refractivity contribution in [3.05, 3.63) is 60.2 Å². The van der Waals surface area contributed by atoms with Crippen molar-refractivity contribution in [2.45, 2.75) is 0 Å². The highest BCUT2D eigenvalue weighted by atomic mass is 19.2. The molecule has 0 aliphatic carbocycles. The van der Waals surface area contributed by atoms with E-state index in [1.165, 1.54) is 9.47 Å². The van der Waals surface area contributed by atoms with Gasteiger partial charge in [0.1, 0.15) is 5.56 Å². The number of benzene rings is 2. The average molecular weight is 328 g/mol. The van der Waals surface area contributed by atoms with E-state index in [0.717, 1.165) is 0 Å². The van der Waals surface area contributed by atoms with Crippen molar-refractivity contribution in [1.29, 1.82) is 0 Å². The molecule has 0 N–H and O–H groups in total. The van der Waals surface area contributed by atoms with Crippen molar-refractivity contribution in [2.75, 3.05) is 11.9 Å². The lowest BCUT2D eigenvalue weighted by molar-refractivity contribution is 0.0992. The fourth-order valence-electron chi connectivity index (χ4n) is 2.74. The van der Waals surface area contributed by atoms with Crippen LogP contribution in [0.15, 0.2) is 54.6 Å². The predicted octanol–water partition coefficient (Wildman–Crippen LogP) is 3.76. The highest BCUT2D eigenvalue weighted by Crippen LogP contribution is 2.33. The first-order chi connectivity index (χ1) is 11.5. The maximum absolute atomic E-state index is 13.0. The number of anilines is 1. The molecule has 1 aromatic heterocycles. The van der Waals surface area contributed by atoms with Gasteiger partial charge in [0.15, 0.2) is 5.88 Å². The van der Waals surface area contributed by atoms with Gasteiger partial charge in [0.25, 0.3) is 5.91 Å². The smallest absolute Gasteiger partial charge is 0.491 e. The van der Waals surface area contributed by atoms with Gasteiger partial charge in [-0.2, -0.15) is 0 Å². The van der Waals surface area contributed by atoms with Gasteiger partial charge in [0.05, 0.1) is 5.52 Å². The third-order valence-electron chi connectivity index (χ3n) is 3.92. The number of aromatic nitrogens is 1. The maximum Gasteiger partial charge on any atom is 0.797 e. The summed E-state index contributed by atoms with van der Waals surface area (Å²) in [7, 11) is 0.187. The van der Waals surface area contributed by atoms with E-state index in [1.54, 1.807) is 62.6 Å². The molecule has 4 nitrogen and oxygen atoms in total. The standard InChI is InChI=1S/C17H15BF2N2O2/c1-21(12-8-4-3-5-9-12)16(23)15-13-10-6-7-11-14(13)22(2)17(15)24-18(19)20/h3-11H,1-2H3. The zero-order chi connectivity index (χ0) is 17.3. The number of amides is 1. The molecule has 2 aromatic carbocycles. The van der Waals surface area contributed by atoms with E-state index in [1.807, 2.05) is 6.07 Å². The third-order valence-corrected chi connectivity index (χ3v) is 3.92. The van der Waals surface area contributed by atoms with E-state index in [0.29, 0.717) is 16.6 Å². The van der Waals surface area contributed by atoms with Crippen LogP contribution in [0, 0.1) is 0 Å². The number of hydrogen-bond donors (Lipinski definition) is 0. The second kappa shape index (κ2) is 6.35. The highest BCUT2D eigenvalue weighted by Gasteiger charge is 2.29. The van der Waals surface area contributed by atoms with Crippen molar-refractivity contribution in [2.24, 2.45) is 7.05 Å². The molecule has 1 amide bonds. The Morgan fingerprint density at radius 3 is 2.38 bits per heavy atom. The van der Waals surface area contributed by atoms with Crippen LogP contribution in [0.2, 0.25) is 0 Å². The molecule has 0 saturated heterocycles. The van der Waals surface area contributed by atoms with E-state index in [4.69, 9.17) is 0 Å². The van der Waals surface area contributed by atoms with Crippen molar-refractivity contribution in [3.8, 4) is 5.88 Å². The van der Waals surface area contributed by atoms with Crippen LogP contribution in [-0.4, -0.2) is 25.0 Å². The second-order valence-electron chi connectivity index (χ2n) is 5.33. The maximum atomic E-state index is 13.0. The summed E-state index contributed by atoms with van der Waals surface area (Å²) in [5.74, 6) is -0.548. The fraction of sp³-hybridized carbons (Fsp3) is 0.118. The fourth-order valence-corrected chi connectivity index (χ4v) is 2.74. The van der Waals surface area contributed by atoms with Crippen LogP contribution in [0.4, 0.5) is 14.3 Å². The minimum absolute atomic E-state index is 0.125. The molecule has 0 radical (unpaired) electrons. The summed E-state index contributed by atoms with van der Waals surface area (Å²) in [6, 6.07) is 16.0. The second-order valence-corrected chi connectivity index (χ2v) is 5.33. The Balaban J connectivity index is 2.15. The minimum Gasteiger partial charge on any atom is -0.491 e. The molecule has 7 heteroatoms. The first-order valence-electron chi connectivity index (χ1n) is 7.36. The van der Waals surface area contributed by atoms with Gasteiger partial charge < -0.3 is 14.1 Å². The first-order valence-corrected chi connectivity index (χ1v) is 7.36. The number of fused-ring (bicyclic) bond motifs is 1. The molecule has 0 spiro atoms. The molecule has 0 fully saturated rings. The Morgan fingerprint density at radius 1 is 1.08 bits per heavy atom. The summed E-state index contributed by atoms with van der Waals surface area (Å²) < 4.78 is 31.8. The van der Waals surface area contributed by atoms with Crippen LogP contribution in [-0.2, 0) is 7.05 Å². The third kappa shape index (κ3) is 2.73. The number of carbonyl (C=O) groups excluding carboxylic acids is 1. The first kappa shape index (κ1) is 16.0. The summed E-state index contributed by atoms with van der Waals surface area (Å²) in [6.45, 7) is 0. The van der Waals surface area contributed by atoms with Crippen molar-refractivity contribution >= 4 is 30.0 Å². The van der Waals surface area contributed by atoms with Crippen LogP contribution in [0.3, 0.4) is 0 Å². The van der Waals surface area contributed by atoms with Gasteiger partial charge in [-0.1, -0.05) is 36.4 Å². The SMILES string of the molecule is CN(C(=O)c1c(OB(F)F)n(C)c2ccccc12)c1ccccc1. The number of para-hydroxylation sites is 2. The number of aryl methyl sites for hydroxylation is 1. The Morgan fingerprint density at radius 2 is 1.71 bits per heavy atom. The van der Waals surface area contributed by atoms with Gasteiger partial charge in [-0.15, -0.1) is 0 Å². The number of nitrogens with zero attached hydrogens (tertiary/aromatic N) is 2. The average Bonchev–Trinajstić information content (AvgIpc) is 2.86. The molecule has 24 heavy (non-hydrogen) atoms. The van der Waals surface area contributed by atoms with Crippen molar-refractivity contribution in [3.63, 3.8) is 0 Å². The number of halogens is 2. The van der Waals surface area contributed by atoms with Gasteiger partial charge in [-0.25, -0.2) is 8.63 Å². The van der Waals surface area contributed by atoms with E-state index >= 15 is 0 Å². The van der Waals surface area contributed by atoms with Crippen molar-refractivity contribution < 1.29 is 18.1 Å². The largest absolute Gasteiger partial charge is 0.797 e. The van der Waals surface area contributed by atoms with Crippen LogP contribution < -0.4 is 9.55 Å². The Hall–Kier alpha value is -2.83. The lowest BCUT2D eigenvalue weighted by atomic mass is 10.1. The molecule has 0 aliphatic rings. The van der Waals surface area contributed by atoms with Crippen molar-refractivity contribution in [1.82, 2.24) is 4.57 Å². The monoisotopic (exact) mass is 328 g/mol. The van der Waals surface area contributed by atoms with Gasteiger partial charge in [-0.3, -0.25) is 4.79 Å². The van der Waals surface area contributed by atoms with E-state index in [9.17, 15) is 13.4 Å². The minimum atomic E-state index is -3.01. The quantitative estimate of drug-likeness (QED) is 0.684. The molecule has 3 rings (SSSR count). The Bertz CT molecular complexity index is 881. The highest BCUT2D eigenvalue weighted by molar-refractivity contribution is 6.36. The van der Waals surface area contributed by atoms with Gasteiger partial charge >= 0.3 is 7.47 Å². The van der Waals surface area contributed by atoms with Crippen LogP contribution in [0.25, 0.3) is 10.9 Å². The van der Waals surface area contributed by atoms with E-state index in [2.05, 4.69) is 4.65 Å². The molecule has 0 bridgehead atoms. The summed E-state index contributed by atoms with van der Waals surface area (Å²) in [6.07, 6.45) is 0. The van der Waals surface area contributed by atoms with Gasteiger partial charge in [0, 0.05) is 25.2 Å². The zero-order valence-corrected chi connectivity index (χ0v) is 13.2. The lowest BCUT2D eigenvalue weighted by Crippen LogP contribution is -2.27. The van der Waals surface area contributed by atoms with E-state index < -0.39 is 13.4 Å². The number of carbonyl (C=O) groups is 1. The van der Waals surface area contributed by atoms with Gasteiger partial charge in [-0.05, 0) is 18.2 Å². The predicted molar refractivity (Wildman–Crippen MR) is 90.7 cm³/mol. The molecule has 0 atom stereocenters. The molecular weight excluding hydrogens is 313 g/mol. The summed E-state index contributed by atoms with van der Waals surface area (Å²) in [4.78, 5) is 14.4. The van der Waals surface area contributed by atoms with Crippen LogP contribution >= 0.6 is 0 Å². The molecule has 1 heterocycles. The topological polar surface area (TPSA) is 34.5 Å². The Labute approximate surface area is 138 Å². The molecule has 0 saturated carbocycles. The summed E-state index contributed by atoms with van der Waals surface area (Å²) >= 11 is 0. The molecular formula is C17H15BF2N2O2. The molecule has 0 unspecified atom stereocenters. The Kier molecular flexibility index (Phi) is 4.25. The van der Waals surface area contributed by atoms with Gasteiger partial charge in [0.2, 0.25) is 0 Å². The van der Waals surface area contributed by atoms with E-state index in [-0.39, 0.29) is 11.4 Å². The summed E-state index contributed by atoms with van der Waals surface area (Å²) in [5, 5.41) is 0.573. The normalized spacial score (nSPS) is 10.7. The molecule has 122 valence electrons.